The number of aryl methyl sites for hydroxylation is 1. The third-order valence-electron chi connectivity index (χ3n) is 3.90. The average Bonchev–Trinajstić information content (AvgIpc) is 2.57. The first kappa shape index (κ1) is 16.1. The van der Waals surface area contributed by atoms with Crippen LogP contribution in [0.3, 0.4) is 0 Å². The normalized spacial score (nSPS) is 12.1. The number of anilines is 1. The van der Waals surface area contributed by atoms with Crippen LogP contribution in [0.15, 0.2) is 47.3 Å². The van der Waals surface area contributed by atoms with Gasteiger partial charge >= 0.3 is 0 Å². The number of aromatic nitrogens is 2. The van der Waals surface area contributed by atoms with Gasteiger partial charge in [-0.1, -0.05) is 12.1 Å². The van der Waals surface area contributed by atoms with Crippen LogP contribution in [0.1, 0.15) is 31.3 Å². The van der Waals surface area contributed by atoms with Gasteiger partial charge in [-0.25, -0.2) is 4.98 Å². The lowest BCUT2D eigenvalue weighted by Crippen LogP contribution is -2.17. The SMILES string of the molecule is CCOc1ccc(N[C@@H](C)c2nc3ccccc3c(=O)[nH]2)cc1C. The van der Waals surface area contributed by atoms with Gasteiger partial charge in [0.1, 0.15) is 11.6 Å². The summed E-state index contributed by atoms with van der Waals surface area (Å²) in [6, 6.07) is 13.2. The van der Waals surface area contributed by atoms with E-state index in [2.05, 4.69) is 15.3 Å². The minimum atomic E-state index is -0.125. The lowest BCUT2D eigenvalue weighted by Gasteiger charge is -2.16. The molecule has 0 aliphatic rings. The highest BCUT2D eigenvalue weighted by atomic mass is 16.5. The first-order valence-corrected chi connectivity index (χ1v) is 8.07. The molecule has 5 nitrogen and oxygen atoms in total. The molecule has 3 aromatic rings. The van der Waals surface area contributed by atoms with E-state index in [4.69, 9.17) is 4.74 Å². The van der Waals surface area contributed by atoms with Crippen molar-refractivity contribution in [3.63, 3.8) is 0 Å². The number of nitrogens with zero attached hydrogens (tertiary/aromatic N) is 1. The number of nitrogens with one attached hydrogen (secondary N) is 2. The number of rotatable bonds is 5. The van der Waals surface area contributed by atoms with Gasteiger partial charge < -0.3 is 15.0 Å². The van der Waals surface area contributed by atoms with Crippen LogP contribution in [-0.4, -0.2) is 16.6 Å². The molecular formula is C19H21N3O2. The van der Waals surface area contributed by atoms with Gasteiger partial charge in [0.2, 0.25) is 0 Å². The summed E-state index contributed by atoms with van der Waals surface area (Å²) in [6.07, 6.45) is 0. The fourth-order valence-corrected chi connectivity index (χ4v) is 2.68. The van der Waals surface area contributed by atoms with Gasteiger partial charge in [0.15, 0.2) is 0 Å². The van der Waals surface area contributed by atoms with Gasteiger partial charge in [-0.15, -0.1) is 0 Å². The zero-order valence-corrected chi connectivity index (χ0v) is 14.1. The molecule has 5 heteroatoms. The summed E-state index contributed by atoms with van der Waals surface area (Å²) in [6.45, 7) is 6.59. The number of benzene rings is 2. The highest BCUT2D eigenvalue weighted by Crippen LogP contribution is 2.24. The van der Waals surface area contributed by atoms with Crippen LogP contribution in [0.4, 0.5) is 5.69 Å². The summed E-state index contributed by atoms with van der Waals surface area (Å²) in [5.41, 5.74) is 2.60. The molecule has 0 radical (unpaired) electrons. The Morgan fingerprint density at radius 1 is 1.25 bits per heavy atom. The predicted octanol–water partition coefficient (Wildman–Crippen LogP) is 3.80. The van der Waals surface area contributed by atoms with Crippen molar-refractivity contribution < 1.29 is 4.74 Å². The van der Waals surface area contributed by atoms with E-state index in [0.717, 1.165) is 17.0 Å². The maximum atomic E-state index is 12.2. The van der Waals surface area contributed by atoms with Crippen LogP contribution >= 0.6 is 0 Å². The van der Waals surface area contributed by atoms with Crippen molar-refractivity contribution in [3.05, 3.63) is 64.2 Å². The van der Waals surface area contributed by atoms with E-state index in [1.807, 2.05) is 57.2 Å². The molecule has 0 aliphatic carbocycles. The Bertz CT molecular complexity index is 918. The molecule has 0 fully saturated rings. The first-order chi connectivity index (χ1) is 11.6. The Kier molecular flexibility index (Phi) is 4.51. The second-order valence-corrected chi connectivity index (χ2v) is 5.75. The summed E-state index contributed by atoms with van der Waals surface area (Å²) >= 11 is 0. The molecule has 1 atom stereocenters. The van der Waals surface area contributed by atoms with Gasteiger partial charge in [0, 0.05) is 5.69 Å². The standard InChI is InChI=1S/C19H21N3O2/c1-4-24-17-10-9-14(11-12(17)2)20-13(3)18-21-16-8-6-5-7-15(16)19(23)22-18/h5-11,13,20H,4H2,1-3H3,(H,21,22,23)/t13-/m0/s1. The summed E-state index contributed by atoms with van der Waals surface area (Å²) in [7, 11) is 0. The topological polar surface area (TPSA) is 67.0 Å². The lowest BCUT2D eigenvalue weighted by molar-refractivity contribution is 0.338. The van der Waals surface area contributed by atoms with Crippen molar-refractivity contribution in [2.24, 2.45) is 0 Å². The highest BCUT2D eigenvalue weighted by Gasteiger charge is 2.11. The van der Waals surface area contributed by atoms with E-state index in [1.165, 1.54) is 0 Å². The molecule has 0 bridgehead atoms. The molecule has 2 aromatic carbocycles. The van der Waals surface area contributed by atoms with Crippen molar-refractivity contribution in [1.82, 2.24) is 9.97 Å². The van der Waals surface area contributed by atoms with Crippen LogP contribution < -0.4 is 15.6 Å². The van der Waals surface area contributed by atoms with Crippen molar-refractivity contribution in [3.8, 4) is 5.75 Å². The zero-order valence-electron chi connectivity index (χ0n) is 14.1. The third kappa shape index (κ3) is 3.25. The minimum Gasteiger partial charge on any atom is -0.494 e. The number of H-pyrrole nitrogens is 1. The number of aromatic amines is 1. The average molecular weight is 323 g/mol. The van der Waals surface area contributed by atoms with Crippen molar-refractivity contribution in [2.75, 3.05) is 11.9 Å². The Hall–Kier alpha value is -2.82. The van der Waals surface area contributed by atoms with Gasteiger partial charge in [-0.2, -0.15) is 0 Å². The molecule has 1 aromatic heterocycles. The Morgan fingerprint density at radius 2 is 2.04 bits per heavy atom. The first-order valence-electron chi connectivity index (χ1n) is 8.07. The fourth-order valence-electron chi connectivity index (χ4n) is 2.68. The Balaban J connectivity index is 1.86. The molecule has 0 saturated carbocycles. The monoisotopic (exact) mass is 323 g/mol. The largest absolute Gasteiger partial charge is 0.494 e. The number of hydrogen-bond donors (Lipinski definition) is 2. The maximum absolute atomic E-state index is 12.2. The van der Waals surface area contributed by atoms with E-state index >= 15 is 0 Å². The fraction of sp³-hybridized carbons (Fsp3) is 0.263. The van der Waals surface area contributed by atoms with E-state index in [1.54, 1.807) is 6.07 Å². The molecule has 3 rings (SSSR count). The second kappa shape index (κ2) is 6.74. The second-order valence-electron chi connectivity index (χ2n) is 5.75. The Morgan fingerprint density at radius 3 is 2.79 bits per heavy atom. The maximum Gasteiger partial charge on any atom is 0.258 e. The molecule has 0 amide bonds. The van der Waals surface area contributed by atoms with E-state index in [0.29, 0.717) is 23.3 Å². The Labute approximate surface area is 140 Å². The number of fused-ring (bicyclic) bond motifs is 1. The van der Waals surface area contributed by atoms with Crippen LogP contribution in [0.5, 0.6) is 5.75 Å². The van der Waals surface area contributed by atoms with Crippen molar-refractivity contribution >= 4 is 16.6 Å². The molecule has 24 heavy (non-hydrogen) atoms. The highest BCUT2D eigenvalue weighted by molar-refractivity contribution is 5.77. The van der Waals surface area contributed by atoms with Gasteiger partial charge in [0.25, 0.3) is 5.56 Å². The van der Waals surface area contributed by atoms with E-state index < -0.39 is 0 Å². The molecule has 1 heterocycles. The summed E-state index contributed by atoms with van der Waals surface area (Å²) in [5.74, 6) is 1.50. The van der Waals surface area contributed by atoms with Crippen molar-refractivity contribution in [1.29, 1.82) is 0 Å². The van der Waals surface area contributed by atoms with Crippen LogP contribution in [0, 0.1) is 6.92 Å². The third-order valence-corrected chi connectivity index (χ3v) is 3.90. The molecule has 0 aliphatic heterocycles. The minimum absolute atomic E-state index is 0.118. The molecule has 124 valence electrons. The lowest BCUT2D eigenvalue weighted by atomic mass is 10.1. The van der Waals surface area contributed by atoms with Gasteiger partial charge in [-0.05, 0) is 56.7 Å². The van der Waals surface area contributed by atoms with E-state index in [9.17, 15) is 4.79 Å². The molecule has 0 spiro atoms. The summed E-state index contributed by atoms with van der Waals surface area (Å²) in [4.78, 5) is 19.6. The number of para-hydroxylation sites is 1. The molecule has 0 unspecified atom stereocenters. The summed E-state index contributed by atoms with van der Waals surface area (Å²) in [5, 5.41) is 3.97. The van der Waals surface area contributed by atoms with Crippen molar-refractivity contribution in [2.45, 2.75) is 26.8 Å². The quantitative estimate of drug-likeness (QED) is 0.749. The van der Waals surface area contributed by atoms with Crippen LogP contribution in [-0.2, 0) is 0 Å². The van der Waals surface area contributed by atoms with Crippen LogP contribution in [0.25, 0.3) is 10.9 Å². The smallest absolute Gasteiger partial charge is 0.258 e. The molecule has 0 saturated heterocycles. The van der Waals surface area contributed by atoms with Crippen LogP contribution in [0.2, 0.25) is 0 Å². The number of ether oxygens (including phenoxy) is 1. The number of hydrogen-bond acceptors (Lipinski definition) is 4. The van der Waals surface area contributed by atoms with Gasteiger partial charge in [0.05, 0.1) is 23.6 Å². The van der Waals surface area contributed by atoms with E-state index in [-0.39, 0.29) is 11.6 Å². The molecular weight excluding hydrogens is 302 g/mol. The van der Waals surface area contributed by atoms with Gasteiger partial charge in [-0.3, -0.25) is 4.79 Å². The zero-order chi connectivity index (χ0) is 17.1. The predicted molar refractivity (Wildman–Crippen MR) is 96.7 cm³/mol. The summed E-state index contributed by atoms with van der Waals surface area (Å²) < 4.78 is 5.56. The molecule has 2 N–H and O–H groups in total.